The number of hydrogen-bond donors (Lipinski definition) is 1. The SMILES string of the molecule is COc1cc(C)c(N=C2NC(=O)C(F)CN2Cc2cc(F)cc(F)c2)cc1F. The maximum atomic E-state index is 14.0. The molecular formula is C19H17F4N3O2. The molecule has 0 aliphatic carbocycles. The molecular weight excluding hydrogens is 378 g/mol. The Balaban J connectivity index is 1.96. The van der Waals surface area contributed by atoms with Gasteiger partial charge in [0, 0.05) is 18.7 Å². The zero-order valence-corrected chi connectivity index (χ0v) is 15.1. The summed E-state index contributed by atoms with van der Waals surface area (Å²) in [5.74, 6) is -3.12. The Labute approximate surface area is 158 Å². The number of aliphatic imine (C=N–C) groups is 1. The average molecular weight is 395 g/mol. The van der Waals surface area contributed by atoms with Crippen molar-refractivity contribution in [2.24, 2.45) is 4.99 Å². The van der Waals surface area contributed by atoms with E-state index >= 15 is 0 Å². The Kier molecular flexibility index (Phi) is 5.53. The molecule has 0 aromatic heterocycles. The van der Waals surface area contributed by atoms with E-state index in [1.54, 1.807) is 6.92 Å². The number of amides is 1. The summed E-state index contributed by atoms with van der Waals surface area (Å²) in [5.41, 5.74) is 0.978. The number of hydrogen-bond acceptors (Lipinski definition) is 3. The van der Waals surface area contributed by atoms with Crippen molar-refractivity contribution in [3.63, 3.8) is 0 Å². The number of alkyl halides is 1. The van der Waals surface area contributed by atoms with Crippen molar-refractivity contribution in [3.05, 3.63) is 58.9 Å². The molecule has 1 fully saturated rings. The van der Waals surface area contributed by atoms with Crippen molar-refractivity contribution < 1.29 is 27.1 Å². The monoisotopic (exact) mass is 395 g/mol. The standard InChI is InChI=1S/C19H17F4N3O2/c1-10-3-17(28-2)14(22)7-16(10)24-19-25-18(27)15(23)9-26(19)8-11-4-12(20)6-13(21)5-11/h3-7,15H,8-9H2,1-2H3,(H,24,25,27). The van der Waals surface area contributed by atoms with E-state index in [2.05, 4.69) is 10.3 Å². The molecule has 1 amide bonds. The molecule has 5 nitrogen and oxygen atoms in total. The summed E-state index contributed by atoms with van der Waals surface area (Å²) in [4.78, 5) is 17.3. The number of ether oxygens (including phenoxy) is 1. The highest BCUT2D eigenvalue weighted by Gasteiger charge is 2.31. The van der Waals surface area contributed by atoms with Gasteiger partial charge in [-0.05, 0) is 36.2 Å². The fourth-order valence-electron chi connectivity index (χ4n) is 2.83. The lowest BCUT2D eigenvalue weighted by Crippen LogP contribution is -2.55. The third kappa shape index (κ3) is 4.24. The second-order valence-corrected chi connectivity index (χ2v) is 6.32. The summed E-state index contributed by atoms with van der Waals surface area (Å²) in [6, 6.07) is 5.47. The normalized spacial score (nSPS) is 18.4. The lowest BCUT2D eigenvalue weighted by molar-refractivity contribution is -0.126. The van der Waals surface area contributed by atoms with Crippen LogP contribution in [0.1, 0.15) is 11.1 Å². The Hall–Kier alpha value is -3.10. The zero-order chi connectivity index (χ0) is 20.4. The molecule has 1 saturated heterocycles. The lowest BCUT2D eigenvalue weighted by Gasteiger charge is -2.32. The largest absolute Gasteiger partial charge is 0.494 e. The van der Waals surface area contributed by atoms with E-state index in [9.17, 15) is 22.4 Å². The first-order chi connectivity index (χ1) is 13.3. The Morgan fingerprint density at radius 2 is 1.86 bits per heavy atom. The zero-order valence-electron chi connectivity index (χ0n) is 15.1. The fraction of sp³-hybridized carbons (Fsp3) is 0.263. The lowest BCUT2D eigenvalue weighted by atomic mass is 10.1. The number of guanidine groups is 1. The fourth-order valence-corrected chi connectivity index (χ4v) is 2.83. The molecule has 0 bridgehead atoms. The molecule has 3 rings (SSSR count). The van der Waals surface area contributed by atoms with Crippen LogP contribution >= 0.6 is 0 Å². The number of aryl methyl sites for hydroxylation is 1. The van der Waals surface area contributed by atoms with Crippen LogP contribution in [0.2, 0.25) is 0 Å². The van der Waals surface area contributed by atoms with Crippen molar-refractivity contribution >= 4 is 17.6 Å². The minimum atomic E-state index is -1.84. The van der Waals surface area contributed by atoms with Crippen molar-refractivity contribution in [3.8, 4) is 5.75 Å². The third-order valence-electron chi connectivity index (χ3n) is 4.19. The van der Waals surface area contributed by atoms with Gasteiger partial charge in [-0.2, -0.15) is 0 Å². The van der Waals surface area contributed by atoms with Gasteiger partial charge in [0.15, 0.2) is 17.7 Å². The second-order valence-electron chi connectivity index (χ2n) is 6.32. The number of methoxy groups -OCH3 is 1. The highest BCUT2D eigenvalue weighted by molar-refractivity contribution is 6.02. The molecule has 9 heteroatoms. The number of nitrogens with one attached hydrogen (secondary N) is 1. The highest BCUT2D eigenvalue weighted by Crippen LogP contribution is 2.28. The van der Waals surface area contributed by atoms with Gasteiger partial charge in [-0.15, -0.1) is 0 Å². The Bertz CT molecular complexity index is 929. The topological polar surface area (TPSA) is 53.9 Å². The van der Waals surface area contributed by atoms with Crippen LogP contribution in [0.25, 0.3) is 0 Å². The van der Waals surface area contributed by atoms with Crippen LogP contribution in [-0.2, 0) is 11.3 Å². The number of nitrogens with zero attached hydrogens (tertiary/aromatic N) is 2. The van der Waals surface area contributed by atoms with Gasteiger partial charge in [0.2, 0.25) is 5.96 Å². The molecule has 0 radical (unpaired) electrons. The Morgan fingerprint density at radius 3 is 2.50 bits per heavy atom. The molecule has 0 spiro atoms. The van der Waals surface area contributed by atoms with Gasteiger partial charge in [-0.1, -0.05) is 0 Å². The van der Waals surface area contributed by atoms with Crippen molar-refractivity contribution in [1.29, 1.82) is 0 Å². The number of carbonyl (C=O) groups excluding carboxylic acids is 1. The molecule has 2 aromatic carbocycles. The quantitative estimate of drug-likeness (QED) is 0.808. The molecule has 148 valence electrons. The van der Waals surface area contributed by atoms with E-state index in [-0.39, 0.29) is 36.0 Å². The molecule has 2 aromatic rings. The Morgan fingerprint density at radius 1 is 1.18 bits per heavy atom. The van der Waals surface area contributed by atoms with Crippen molar-refractivity contribution in [2.45, 2.75) is 19.6 Å². The van der Waals surface area contributed by atoms with Crippen LogP contribution in [-0.4, -0.2) is 36.6 Å². The highest BCUT2D eigenvalue weighted by atomic mass is 19.1. The smallest absolute Gasteiger partial charge is 0.263 e. The van der Waals surface area contributed by atoms with Crippen molar-refractivity contribution in [2.75, 3.05) is 13.7 Å². The summed E-state index contributed by atoms with van der Waals surface area (Å²) >= 11 is 0. The van der Waals surface area contributed by atoms with Gasteiger partial charge in [0.25, 0.3) is 5.91 Å². The van der Waals surface area contributed by atoms with Gasteiger partial charge in [-0.25, -0.2) is 22.6 Å². The summed E-state index contributed by atoms with van der Waals surface area (Å²) in [6.07, 6.45) is -1.84. The van der Waals surface area contributed by atoms with Crippen LogP contribution in [0.5, 0.6) is 5.75 Å². The van der Waals surface area contributed by atoms with E-state index in [0.29, 0.717) is 5.56 Å². The first-order valence-electron chi connectivity index (χ1n) is 8.34. The molecule has 1 aliphatic heterocycles. The van der Waals surface area contributed by atoms with Crippen molar-refractivity contribution in [1.82, 2.24) is 10.2 Å². The predicted molar refractivity (Wildman–Crippen MR) is 94.6 cm³/mol. The van der Waals surface area contributed by atoms with Gasteiger partial charge in [-0.3, -0.25) is 10.1 Å². The number of benzene rings is 2. The van der Waals surface area contributed by atoms with Crippen LogP contribution in [0.15, 0.2) is 35.3 Å². The van der Waals surface area contributed by atoms with E-state index < -0.39 is 29.5 Å². The van der Waals surface area contributed by atoms with E-state index in [1.165, 1.54) is 18.1 Å². The molecule has 1 heterocycles. The summed E-state index contributed by atoms with van der Waals surface area (Å²) < 4.78 is 59.7. The van der Waals surface area contributed by atoms with Crippen LogP contribution in [0.3, 0.4) is 0 Å². The summed E-state index contributed by atoms with van der Waals surface area (Å²) in [6.45, 7) is 1.20. The van der Waals surface area contributed by atoms with Crippen LogP contribution in [0, 0.1) is 24.4 Å². The van der Waals surface area contributed by atoms with Gasteiger partial charge in [0.1, 0.15) is 11.6 Å². The molecule has 1 atom stereocenters. The molecule has 1 N–H and O–H groups in total. The van der Waals surface area contributed by atoms with Gasteiger partial charge < -0.3 is 9.64 Å². The number of rotatable bonds is 4. The number of carbonyl (C=O) groups is 1. The second kappa shape index (κ2) is 7.87. The van der Waals surface area contributed by atoms with E-state index in [1.807, 2.05) is 0 Å². The number of halogens is 4. The molecule has 28 heavy (non-hydrogen) atoms. The third-order valence-corrected chi connectivity index (χ3v) is 4.19. The maximum absolute atomic E-state index is 14.0. The minimum Gasteiger partial charge on any atom is -0.494 e. The van der Waals surface area contributed by atoms with Gasteiger partial charge >= 0.3 is 0 Å². The summed E-state index contributed by atoms with van der Waals surface area (Å²) in [5, 5.41) is 2.31. The average Bonchev–Trinajstić information content (AvgIpc) is 2.61. The summed E-state index contributed by atoms with van der Waals surface area (Å²) in [7, 11) is 1.33. The first kappa shape index (κ1) is 19.7. The van der Waals surface area contributed by atoms with E-state index in [4.69, 9.17) is 4.74 Å². The first-order valence-corrected chi connectivity index (χ1v) is 8.34. The minimum absolute atomic E-state index is 0.0324. The molecule has 0 saturated carbocycles. The van der Waals surface area contributed by atoms with E-state index in [0.717, 1.165) is 24.3 Å². The maximum Gasteiger partial charge on any atom is 0.263 e. The molecule has 1 unspecified atom stereocenters. The van der Waals surface area contributed by atoms with Crippen LogP contribution < -0.4 is 10.1 Å². The predicted octanol–water partition coefficient (Wildman–Crippen LogP) is 3.38. The van der Waals surface area contributed by atoms with Gasteiger partial charge in [0.05, 0.1) is 19.3 Å². The van der Waals surface area contributed by atoms with Crippen LogP contribution in [0.4, 0.5) is 23.2 Å². The molecule has 1 aliphatic rings.